The summed E-state index contributed by atoms with van der Waals surface area (Å²) in [5, 5.41) is 2.57. The summed E-state index contributed by atoms with van der Waals surface area (Å²) in [6.07, 6.45) is 1.30. The standard InChI is InChI=1S/C20H14BrClN2O6/c1-10(25)30-17-9-15(21)11(8-16(17)29-2)7-14-18(26)23-20(28)24(19(14)27)13-5-3-12(22)4-6-13/h3-9H,1-2H3,(H,23,26,28)/b14-7+. The molecule has 0 unspecified atom stereocenters. The van der Waals surface area contributed by atoms with Crippen molar-refractivity contribution in [3.8, 4) is 11.5 Å². The maximum atomic E-state index is 12.9. The topological polar surface area (TPSA) is 102 Å². The van der Waals surface area contributed by atoms with E-state index in [1.807, 2.05) is 0 Å². The van der Waals surface area contributed by atoms with E-state index in [1.165, 1.54) is 56.5 Å². The molecule has 8 nitrogen and oxygen atoms in total. The quantitative estimate of drug-likeness (QED) is 0.302. The number of hydrogen-bond donors (Lipinski definition) is 1. The van der Waals surface area contributed by atoms with Gasteiger partial charge in [0.1, 0.15) is 5.57 Å². The maximum Gasteiger partial charge on any atom is 0.335 e. The van der Waals surface area contributed by atoms with E-state index in [0.717, 1.165) is 4.90 Å². The van der Waals surface area contributed by atoms with E-state index in [-0.39, 0.29) is 22.8 Å². The fourth-order valence-electron chi connectivity index (χ4n) is 2.69. The van der Waals surface area contributed by atoms with Crippen molar-refractivity contribution in [1.82, 2.24) is 5.32 Å². The number of imide groups is 2. The first kappa shape index (κ1) is 21.5. The number of urea groups is 1. The first-order valence-corrected chi connectivity index (χ1v) is 9.61. The second-order valence-electron chi connectivity index (χ2n) is 6.05. The number of esters is 1. The molecule has 4 amide bonds. The molecular formula is C20H14BrClN2O6. The lowest BCUT2D eigenvalue weighted by Crippen LogP contribution is -2.54. The summed E-state index contributed by atoms with van der Waals surface area (Å²) < 4.78 is 10.7. The van der Waals surface area contributed by atoms with E-state index in [4.69, 9.17) is 21.1 Å². The molecule has 0 saturated carbocycles. The molecule has 0 aromatic heterocycles. The zero-order valence-corrected chi connectivity index (χ0v) is 18.0. The number of nitrogens with one attached hydrogen (secondary N) is 1. The summed E-state index contributed by atoms with van der Waals surface area (Å²) in [6.45, 7) is 1.25. The maximum absolute atomic E-state index is 12.9. The number of anilines is 1. The summed E-state index contributed by atoms with van der Waals surface area (Å²) in [5.41, 5.74) is 0.376. The molecule has 1 heterocycles. The molecule has 0 spiro atoms. The molecule has 0 bridgehead atoms. The molecule has 154 valence electrons. The van der Waals surface area contributed by atoms with Crippen LogP contribution in [0, 0.1) is 0 Å². The van der Waals surface area contributed by atoms with Crippen LogP contribution in [0.5, 0.6) is 11.5 Å². The van der Waals surface area contributed by atoms with Gasteiger partial charge in [-0.1, -0.05) is 27.5 Å². The monoisotopic (exact) mass is 492 g/mol. The van der Waals surface area contributed by atoms with Crippen molar-refractivity contribution in [2.45, 2.75) is 6.92 Å². The Balaban J connectivity index is 2.04. The second kappa shape index (κ2) is 8.68. The summed E-state index contributed by atoms with van der Waals surface area (Å²) in [7, 11) is 1.38. The Labute approximate surface area is 184 Å². The molecule has 30 heavy (non-hydrogen) atoms. The van der Waals surface area contributed by atoms with Gasteiger partial charge in [-0.25, -0.2) is 9.69 Å². The van der Waals surface area contributed by atoms with Crippen molar-refractivity contribution < 1.29 is 28.7 Å². The van der Waals surface area contributed by atoms with E-state index in [1.54, 1.807) is 0 Å². The predicted molar refractivity (Wildman–Crippen MR) is 112 cm³/mol. The highest BCUT2D eigenvalue weighted by Crippen LogP contribution is 2.35. The van der Waals surface area contributed by atoms with Crippen molar-refractivity contribution in [3.63, 3.8) is 0 Å². The number of carbonyl (C=O) groups excluding carboxylic acids is 4. The number of rotatable bonds is 4. The molecule has 1 N–H and O–H groups in total. The highest BCUT2D eigenvalue weighted by molar-refractivity contribution is 9.10. The van der Waals surface area contributed by atoms with Crippen LogP contribution in [0.2, 0.25) is 5.02 Å². The highest BCUT2D eigenvalue weighted by Gasteiger charge is 2.37. The number of benzene rings is 2. The van der Waals surface area contributed by atoms with Crippen molar-refractivity contribution in [2.75, 3.05) is 12.0 Å². The van der Waals surface area contributed by atoms with E-state index < -0.39 is 23.8 Å². The number of methoxy groups -OCH3 is 1. The number of nitrogens with zero attached hydrogens (tertiary/aromatic N) is 1. The molecule has 0 aliphatic carbocycles. The highest BCUT2D eigenvalue weighted by atomic mass is 79.9. The van der Waals surface area contributed by atoms with Crippen molar-refractivity contribution >= 4 is 63.1 Å². The molecule has 1 aliphatic rings. The predicted octanol–water partition coefficient (Wildman–Crippen LogP) is 3.70. The van der Waals surface area contributed by atoms with Gasteiger partial charge in [0.25, 0.3) is 11.8 Å². The van der Waals surface area contributed by atoms with Gasteiger partial charge in [-0.05, 0) is 48.0 Å². The van der Waals surface area contributed by atoms with Gasteiger partial charge in [-0.2, -0.15) is 0 Å². The minimum Gasteiger partial charge on any atom is -0.493 e. The third kappa shape index (κ3) is 4.37. The summed E-state index contributed by atoms with van der Waals surface area (Å²) in [4.78, 5) is 49.6. The van der Waals surface area contributed by atoms with E-state index >= 15 is 0 Å². The number of barbiturate groups is 1. The zero-order chi connectivity index (χ0) is 22.0. The van der Waals surface area contributed by atoms with Crippen LogP contribution < -0.4 is 19.7 Å². The largest absolute Gasteiger partial charge is 0.493 e. The molecule has 2 aromatic rings. The van der Waals surface area contributed by atoms with Crippen LogP contribution in [0.25, 0.3) is 6.08 Å². The number of halogens is 2. The van der Waals surface area contributed by atoms with Gasteiger partial charge in [0.2, 0.25) is 0 Å². The molecule has 1 saturated heterocycles. The Hall–Kier alpha value is -3.17. The minimum atomic E-state index is -0.869. The van der Waals surface area contributed by atoms with Crippen LogP contribution >= 0.6 is 27.5 Å². The lowest BCUT2D eigenvalue weighted by atomic mass is 10.1. The Morgan fingerprint density at radius 3 is 2.40 bits per heavy atom. The number of carbonyl (C=O) groups is 4. The second-order valence-corrected chi connectivity index (χ2v) is 7.34. The fourth-order valence-corrected chi connectivity index (χ4v) is 3.26. The summed E-state index contributed by atoms with van der Waals surface area (Å²) in [6, 6.07) is 8.10. The van der Waals surface area contributed by atoms with Crippen LogP contribution in [0.1, 0.15) is 12.5 Å². The molecule has 10 heteroatoms. The zero-order valence-electron chi connectivity index (χ0n) is 15.7. The number of hydrogen-bond acceptors (Lipinski definition) is 6. The number of amides is 4. The van der Waals surface area contributed by atoms with Gasteiger partial charge in [0.05, 0.1) is 12.8 Å². The fraction of sp³-hybridized carbons (Fsp3) is 0.100. The minimum absolute atomic E-state index is 0.163. The van der Waals surface area contributed by atoms with Crippen LogP contribution in [0.4, 0.5) is 10.5 Å². The molecule has 3 rings (SSSR count). The first-order chi connectivity index (χ1) is 14.2. The SMILES string of the molecule is COc1cc(/C=C2\C(=O)NC(=O)N(c3ccc(Cl)cc3)C2=O)c(Br)cc1OC(C)=O. The third-order valence-electron chi connectivity index (χ3n) is 4.02. The first-order valence-electron chi connectivity index (χ1n) is 8.44. The normalized spacial score (nSPS) is 15.3. The lowest BCUT2D eigenvalue weighted by molar-refractivity contribution is -0.132. The van der Waals surface area contributed by atoms with Gasteiger partial charge in [0.15, 0.2) is 11.5 Å². The van der Waals surface area contributed by atoms with Crippen LogP contribution in [-0.2, 0) is 14.4 Å². The Morgan fingerprint density at radius 1 is 1.13 bits per heavy atom. The molecule has 2 aromatic carbocycles. The van der Waals surface area contributed by atoms with Crippen LogP contribution in [0.15, 0.2) is 46.4 Å². The lowest BCUT2D eigenvalue weighted by Gasteiger charge is -2.26. The van der Waals surface area contributed by atoms with Crippen molar-refractivity contribution in [2.24, 2.45) is 0 Å². The van der Waals surface area contributed by atoms with Gasteiger partial charge >= 0.3 is 12.0 Å². The molecule has 0 radical (unpaired) electrons. The summed E-state index contributed by atoms with van der Waals surface area (Å²) in [5.74, 6) is -1.80. The Morgan fingerprint density at radius 2 is 1.80 bits per heavy atom. The molecule has 1 fully saturated rings. The summed E-state index contributed by atoms with van der Waals surface area (Å²) >= 11 is 9.17. The van der Waals surface area contributed by atoms with Crippen molar-refractivity contribution in [1.29, 1.82) is 0 Å². The smallest absolute Gasteiger partial charge is 0.335 e. The van der Waals surface area contributed by atoms with Crippen LogP contribution in [0.3, 0.4) is 0 Å². The molecule has 0 atom stereocenters. The Kier molecular flexibility index (Phi) is 6.23. The number of ether oxygens (including phenoxy) is 2. The molecular weight excluding hydrogens is 480 g/mol. The Bertz CT molecular complexity index is 1100. The average molecular weight is 494 g/mol. The van der Waals surface area contributed by atoms with Crippen LogP contribution in [-0.4, -0.2) is 30.9 Å². The van der Waals surface area contributed by atoms with E-state index in [2.05, 4.69) is 21.2 Å². The average Bonchev–Trinajstić information content (AvgIpc) is 2.67. The van der Waals surface area contributed by atoms with E-state index in [0.29, 0.717) is 15.1 Å². The van der Waals surface area contributed by atoms with Gasteiger partial charge in [-0.3, -0.25) is 19.7 Å². The third-order valence-corrected chi connectivity index (χ3v) is 4.96. The van der Waals surface area contributed by atoms with E-state index in [9.17, 15) is 19.2 Å². The molecule has 1 aliphatic heterocycles. The van der Waals surface area contributed by atoms with Crippen molar-refractivity contribution in [3.05, 3.63) is 57.0 Å². The van der Waals surface area contributed by atoms with Gasteiger partial charge < -0.3 is 9.47 Å². The van der Waals surface area contributed by atoms with Gasteiger partial charge in [0, 0.05) is 16.4 Å². The van der Waals surface area contributed by atoms with Gasteiger partial charge in [-0.15, -0.1) is 0 Å².